The summed E-state index contributed by atoms with van der Waals surface area (Å²) in [5, 5.41) is 3.58. The normalized spacial score (nSPS) is 13.8. The van der Waals surface area contributed by atoms with Crippen LogP contribution in [0.3, 0.4) is 0 Å². The SMILES string of the molecule is Nc1c(NC(c2ccccc2)c2ccccc2)ncnc1N1CCN(c2ccccc2)CC1. The predicted octanol–water partition coefficient (Wildman–Crippen LogP) is 4.59. The Morgan fingerprint density at radius 3 is 1.76 bits per heavy atom. The molecule has 0 atom stereocenters. The number of hydrogen-bond donors (Lipinski definition) is 2. The van der Waals surface area contributed by atoms with Crippen LogP contribution in [0.25, 0.3) is 0 Å². The molecular formula is C27H28N6. The van der Waals surface area contributed by atoms with E-state index in [1.165, 1.54) is 5.69 Å². The molecule has 166 valence electrons. The maximum atomic E-state index is 6.62. The Bertz CT molecular complexity index is 1120. The summed E-state index contributed by atoms with van der Waals surface area (Å²) in [6.45, 7) is 3.56. The molecular weight excluding hydrogens is 408 g/mol. The van der Waals surface area contributed by atoms with Gasteiger partial charge in [-0.3, -0.25) is 0 Å². The Hall–Kier alpha value is -4.06. The zero-order valence-corrected chi connectivity index (χ0v) is 18.5. The highest BCUT2D eigenvalue weighted by atomic mass is 15.3. The maximum absolute atomic E-state index is 6.62. The van der Waals surface area contributed by atoms with Crippen molar-refractivity contribution in [3.05, 3.63) is 108 Å². The molecule has 0 saturated carbocycles. The summed E-state index contributed by atoms with van der Waals surface area (Å²) in [5.41, 5.74) is 10.8. The third-order valence-electron chi connectivity index (χ3n) is 6.11. The first-order valence-electron chi connectivity index (χ1n) is 11.3. The molecule has 4 aromatic rings. The molecule has 0 spiro atoms. The number of nitrogens with two attached hydrogens (primary N) is 1. The lowest BCUT2D eigenvalue weighted by molar-refractivity contribution is 0.647. The number of para-hydroxylation sites is 1. The van der Waals surface area contributed by atoms with Gasteiger partial charge in [0, 0.05) is 31.9 Å². The minimum atomic E-state index is -0.0626. The fraction of sp³-hybridized carbons (Fsp3) is 0.185. The molecule has 1 aliphatic heterocycles. The molecule has 0 radical (unpaired) electrons. The van der Waals surface area contributed by atoms with E-state index >= 15 is 0 Å². The third kappa shape index (κ3) is 4.60. The molecule has 0 aliphatic carbocycles. The molecule has 0 bridgehead atoms. The number of hydrogen-bond acceptors (Lipinski definition) is 6. The molecule has 0 unspecified atom stereocenters. The minimum absolute atomic E-state index is 0.0626. The fourth-order valence-corrected chi connectivity index (χ4v) is 4.36. The molecule has 6 heteroatoms. The predicted molar refractivity (Wildman–Crippen MR) is 136 cm³/mol. The summed E-state index contributed by atoms with van der Waals surface area (Å²) in [6, 6.07) is 31.2. The van der Waals surface area contributed by atoms with Gasteiger partial charge in [-0.2, -0.15) is 0 Å². The standard InChI is InChI=1S/C27H28N6/c28-24-26(31-25(21-10-4-1-5-11-21)22-12-6-2-7-13-22)29-20-30-27(24)33-18-16-32(17-19-33)23-14-8-3-9-15-23/h1-15,20,25H,16-19,28H2,(H,29,30,31). The smallest absolute Gasteiger partial charge is 0.157 e. The first kappa shape index (κ1) is 20.8. The van der Waals surface area contributed by atoms with E-state index in [0.29, 0.717) is 11.5 Å². The molecule has 1 fully saturated rings. The van der Waals surface area contributed by atoms with E-state index in [4.69, 9.17) is 5.73 Å². The van der Waals surface area contributed by atoms with Crippen molar-refractivity contribution >= 4 is 23.0 Å². The fourth-order valence-electron chi connectivity index (χ4n) is 4.36. The maximum Gasteiger partial charge on any atom is 0.157 e. The van der Waals surface area contributed by atoms with Gasteiger partial charge in [-0.1, -0.05) is 78.9 Å². The first-order valence-corrected chi connectivity index (χ1v) is 11.3. The van der Waals surface area contributed by atoms with E-state index < -0.39 is 0 Å². The summed E-state index contributed by atoms with van der Waals surface area (Å²) < 4.78 is 0. The van der Waals surface area contributed by atoms with Crippen molar-refractivity contribution in [1.82, 2.24) is 9.97 Å². The second kappa shape index (κ2) is 9.61. The van der Waals surface area contributed by atoms with Gasteiger partial charge in [-0.15, -0.1) is 0 Å². The van der Waals surface area contributed by atoms with Crippen molar-refractivity contribution in [2.75, 3.05) is 47.0 Å². The molecule has 0 amide bonds. The molecule has 1 aromatic heterocycles. The summed E-state index contributed by atoms with van der Waals surface area (Å²) in [7, 11) is 0. The number of piperazine rings is 1. The highest BCUT2D eigenvalue weighted by Crippen LogP contribution is 2.32. The van der Waals surface area contributed by atoms with Crippen LogP contribution in [0.4, 0.5) is 23.0 Å². The van der Waals surface area contributed by atoms with Gasteiger partial charge in [-0.25, -0.2) is 9.97 Å². The molecule has 1 saturated heterocycles. The zero-order valence-electron chi connectivity index (χ0n) is 18.5. The number of nitrogen functional groups attached to an aromatic ring is 1. The second-order valence-electron chi connectivity index (χ2n) is 8.17. The van der Waals surface area contributed by atoms with Crippen LogP contribution < -0.4 is 20.9 Å². The van der Waals surface area contributed by atoms with Crippen molar-refractivity contribution in [3.8, 4) is 0 Å². The molecule has 2 heterocycles. The lowest BCUT2D eigenvalue weighted by Gasteiger charge is -2.37. The van der Waals surface area contributed by atoms with Crippen molar-refractivity contribution < 1.29 is 0 Å². The van der Waals surface area contributed by atoms with Crippen molar-refractivity contribution in [1.29, 1.82) is 0 Å². The molecule has 33 heavy (non-hydrogen) atoms. The number of nitrogens with zero attached hydrogens (tertiary/aromatic N) is 4. The lowest BCUT2D eigenvalue weighted by atomic mass is 9.99. The third-order valence-corrected chi connectivity index (χ3v) is 6.11. The van der Waals surface area contributed by atoms with Gasteiger partial charge in [0.2, 0.25) is 0 Å². The average molecular weight is 437 g/mol. The van der Waals surface area contributed by atoms with Gasteiger partial charge < -0.3 is 20.9 Å². The Morgan fingerprint density at radius 1 is 0.667 bits per heavy atom. The Balaban J connectivity index is 1.37. The van der Waals surface area contributed by atoms with Crippen LogP contribution in [0.15, 0.2) is 97.3 Å². The molecule has 3 N–H and O–H groups in total. The molecule has 1 aliphatic rings. The summed E-state index contributed by atoms with van der Waals surface area (Å²) >= 11 is 0. The number of anilines is 4. The van der Waals surface area contributed by atoms with E-state index in [9.17, 15) is 0 Å². The van der Waals surface area contributed by atoms with Gasteiger partial charge in [0.15, 0.2) is 11.6 Å². The van der Waals surface area contributed by atoms with E-state index in [2.05, 4.69) is 73.6 Å². The topological polar surface area (TPSA) is 70.3 Å². The summed E-state index contributed by atoms with van der Waals surface area (Å²) in [4.78, 5) is 13.7. The van der Waals surface area contributed by atoms with Crippen LogP contribution >= 0.6 is 0 Å². The number of nitrogens with one attached hydrogen (secondary N) is 1. The van der Waals surface area contributed by atoms with Gasteiger partial charge in [0.05, 0.1) is 6.04 Å². The molecule has 5 rings (SSSR count). The molecule has 6 nitrogen and oxygen atoms in total. The van der Waals surface area contributed by atoms with Crippen LogP contribution in [0.2, 0.25) is 0 Å². The largest absolute Gasteiger partial charge is 0.393 e. The lowest BCUT2D eigenvalue weighted by Crippen LogP contribution is -2.47. The van der Waals surface area contributed by atoms with E-state index in [1.807, 2.05) is 42.5 Å². The van der Waals surface area contributed by atoms with Crippen LogP contribution in [0.1, 0.15) is 17.2 Å². The van der Waals surface area contributed by atoms with E-state index in [1.54, 1.807) is 6.33 Å². The van der Waals surface area contributed by atoms with Crippen LogP contribution in [-0.2, 0) is 0 Å². The highest BCUT2D eigenvalue weighted by Gasteiger charge is 2.23. The van der Waals surface area contributed by atoms with Gasteiger partial charge in [0.25, 0.3) is 0 Å². The van der Waals surface area contributed by atoms with Gasteiger partial charge in [0.1, 0.15) is 12.0 Å². The number of rotatable bonds is 6. The first-order chi connectivity index (χ1) is 16.3. The minimum Gasteiger partial charge on any atom is -0.393 e. The Kier molecular flexibility index (Phi) is 6.06. The van der Waals surface area contributed by atoms with Crippen molar-refractivity contribution in [2.45, 2.75) is 6.04 Å². The quantitative estimate of drug-likeness (QED) is 0.461. The van der Waals surface area contributed by atoms with Gasteiger partial charge in [-0.05, 0) is 23.3 Å². The summed E-state index contributed by atoms with van der Waals surface area (Å²) in [5.74, 6) is 1.45. The molecule has 3 aromatic carbocycles. The Labute approximate surface area is 194 Å². The number of aromatic nitrogens is 2. The van der Waals surface area contributed by atoms with E-state index in [-0.39, 0.29) is 6.04 Å². The zero-order chi connectivity index (χ0) is 22.5. The van der Waals surface area contributed by atoms with Crippen molar-refractivity contribution in [2.24, 2.45) is 0 Å². The van der Waals surface area contributed by atoms with Crippen molar-refractivity contribution in [3.63, 3.8) is 0 Å². The Morgan fingerprint density at radius 2 is 1.18 bits per heavy atom. The van der Waals surface area contributed by atoms with E-state index in [0.717, 1.165) is 43.1 Å². The van der Waals surface area contributed by atoms with Gasteiger partial charge >= 0.3 is 0 Å². The van der Waals surface area contributed by atoms with Crippen LogP contribution in [-0.4, -0.2) is 36.1 Å². The second-order valence-corrected chi connectivity index (χ2v) is 8.17. The monoisotopic (exact) mass is 436 g/mol. The number of benzene rings is 3. The average Bonchev–Trinajstić information content (AvgIpc) is 2.90. The highest BCUT2D eigenvalue weighted by molar-refractivity contribution is 5.76. The van der Waals surface area contributed by atoms with Crippen LogP contribution in [0.5, 0.6) is 0 Å². The van der Waals surface area contributed by atoms with Crippen LogP contribution in [0, 0.1) is 0 Å². The summed E-state index contributed by atoms with van der Waals surface area (Å²) in [6.07, 6.45) is 1.60.